The molecule has 146 valence electrons. The van der Waals surface area contributed by atoms with E-state index in [9.17, 15) is 9.59 Å². The van der Waals surface area contributed by atoms with Crippen LogP contribution in [0.5, 0.6) is 0 Å². The summed E-state index contributed by atoms with van der Waals surface area (Å²) in [7, 11) is 1.60. The molecule has 1 aliphatic heterocycles. The van der Waals surface area contributed by atoms with Crippen LogP contribution in [0.1, 0.15) is 29.3 Å². The van der Waals surface area contributed by atoms with Crippen molar-refractivity contribution in [3.8, 4) is 0 Å². The van der Waals surface area contributed by atoms with Gasteiger partial charge in [-0.1, -0.05) is 12.1 Å². The summed E-state index contributed by atoms with van der Waals surface area (Å²) >= 11 is 0. The van der Waals surface area contributed by atoms with Crippen LogP contribution in [0.2, 0.25) is 0 Å². The maximum atomic E-state index is 12.3. The van der Waals surface area contributed by atoms with Crippen molar-refractivity contribution in [2.75, 3.05) is 12.4 Å². The normalized spacial score (nSPS) is 18.4. The predicted octanol–water partition coefficient (Wildman–Crippen LogP) is 1.43. The second kappa shape index (κ2) is 8.76. The number of benzene rings is 1. The molecule has 0 bridgehead atoms. The van der Waals surface area contributed by atoms with E-state index >= 15 is 0 Å². The van der Waals surface area contributed by atoms with Crippen molar-refractivity contribution in [1.82, 2.24) is 9.88 Å². The number of nitrogens with one attached hydrogen (secondary N) is 1. The van der Waals surface area contributed by atoms with Crippen LogP contribution in [0.25, 0.3) is 0 Å². The summed E-state index contributed by atoms with van der Waals surface area (Å²) in [4.78, 5) is 42.5. The lowest BCUT2D eigenvalue weighted by atomic mass is 9.87. The molecule has 0 saturated carbocycles. The molecule has 28 heavy (non-hydrogen) atoms. The number of anilines is 1. The fraction of sp³-hybridized carbons (Fsp3) is 0.211. The molecular weight excluding hydrogens is 362 g/mol. The van der Waals surface area contributed by atoms with E-state index in [0.29, 0.717) is 11.3 Å². The van der Waals surface area contributed by atoms with E-state index in [4.69, 9.17) is 15.6 Å². The molecule has 0 fully saturated rings. The monoisotopic (exact) mass is 383 g/mol. The van der Waals surface area contributed by atoms with Gasteiger partial charge >= 0.3 is 0 Å². The fourth-order valence-electron chi connectivity index (χ4n) is 2.71. The van der Waals surface area contributed by atoms with Crippen molar-refractivity contribution in [2.24, 2.45) is 10.7 Å². The predicted molar refractivity (Wildman–Crippen MR) is 104 cm³/mol. The standard InChI is InChI=1S/C18H19N5O2.CH2O2/c1-18(11-15(24)23(2)17(19)22-18)13-4-3-5-14(10-13)21-16(25)12-6-8-20-9-7-12;2-1-3/h3-10H,11H2,1-2H3,(H2,19,22)(H,21,25);1H,(H,2,3)/t18-;/m0./s1. The van der Waals surface area contributed by atoms with Crippen molar-refractivity contribution in [2.45, 2.75) is 18.9 Å². The third kappa shape index (κ3) is 4.70. The van der Waals surface area contributed by atoms with Gasteiger partial charge in [0.15, 0.2) is 5.96 Å². The Morgan fingerprint density at radius 1 is 1.32 bits per heavy atom. The molecule has 0 unspecified atom stereocenters. The van der Waals surface area contributed by atoms with E-state index < -0.39 is 5.54 Å². The number of amides is 2. The molecule has 9 heteroatoms. The van der Waals surface area contributed by atoms with Crippen LogP contribution in [0.3, 0.4) is 0 Å². The van der Waals surface area contributed by atoms with E-state index in [1.165, 1.54) is 4.90 Å². The van der Waals surface area contributed by atoms with Gasteiger partial charge in [-0.05, 0) is 36.8 Å². The molecule has 1 aliphatic rings. The van der Waals surface area contributed by atoms with E-state index in [-0.39, 0.29) is 30.7 Å². The number of aliphatic imine (C=N–C) groups is 1. The molecule has 9 nitrogen and oxygen atoms in total. The summed E-state index contributed by atoms with van der Waals surface area (Å²) in [5.74, 6) is -0.140. The zero-order chi connectivity index (χ0) is 20.7. The highest BCUT2D eigenvalue weighted by molar-refractivity contribution is 6.04. The SMILES string of the molecule is CN1C(=O)C[C@@](C)(c2cccc(NC(=O)c3ccncc3)c2)N=C1N.O=CO. The number of hydrogen-bond donors (Lipinski definition) is 3. The first-order chi connectivity index (χ1) is 13.3. The van der Waals surface area contributed by atoms with Crippen LogP contribution < -0.4 is 11.1 Å². The summed E-state index contributed by atoms with van der Waals surface area (Å²) in [5.41, 5.74) is 7.05. The second-order valence-electron chi connectivity index (χ2n) is 6.25. The van der Waals surface area contributed by atoms with Crippen LogP contribution in [0, 0.1) is 0 Å². The van der Waals surface area contributed by atoms with Gasteiger partial charge in [0.25, 0.3) is 12.4 Å². The largest absolute Gasteiger partial charge is 0.483 e. The van der Waals surface area contributed by atoms with Crippen LogP contribution >= 0.6 is 0 Å². The fourth-order valence-corrected chi connectivity index (χ4v) is 2.71. The average molecular weight is 383 g/mol. The molecule has 0 aliphatic carbocycles. The average Bonchev–Trinajstić information content (AvgIpc) is 2.67. The summed E-state index contributed by atoms with van der Waals surface area (Å²) in [6.45, 7) is 1.61. The first-order valence-electron chi connectivity index (χ1n) is 8.32. The molecule has 1 aromatic carbocycles. The van der Waals surface area contributed by atoms with Crippen molar-refractivity contribution in [1.29, 1.82) is 0 Å². The molecule has 2 heterocycles. The van der Waals surface area contributed by atoms with Crippen molar-refractivity contribution < 1.29 is 19.5 Å². The summed E-state index contributed by atoms with van der Waals surface area (Å²) < 4.78 is 0. The highest BCUT2D eigenvalue weighted by Crippen LogP contribution is 2.34. The molecule has 0 saturated heterocycles. The van der Waals surface area contributed by atoms with E-state index in [2.05, 4.69) is 15.3 Å². The Bertz CT molecular complexity index is 900. The van der Waals surface area contributed by atoms with Gasteiger partial charge in [-0.3, -0.25) is 24.3 Å². The second-order valence-corrected chi connectivity index (χ2v) is 6.25. The number of pyridine rings is 1. The van der Waals surface area contributed by atoms with Crippen LogP contribution in [-0.4, -0.2) is 46.3 Å². The molecule has 0 radical (unpaired) electrons. The lowest BCUT2D eigenvalue weighted by Crippen LogP contribution is -2.47. The maximum absolute atomic E-state index is 12.3. The Labute approximate surface area is 161 Å². The number of nitrogens with two attached hydrogens (primary N) is 1. The summed E-state index contributed by atoms with van der Waals surface area (Å²) in [6, 6.07) is 10.6. The molecule has 0 spiro atoms. The third-order valence-corrected chi connectivity index (χ3v) is 4.26. The highest BCUT2D eigenvalue weighted by atomic mass is 16.3. The Morgan fingerprint density at radius 2 is 1.96 bits per heavy atom. The Morgan fingerprint density at radius 3 is 2.57 bits per heavy atom. The number of nitrogens with zero attached hydrogens (tertiary/aromatic N) is 3. The highest BCUT2D eigenvalue weighted by Gasteiger charge is 2.36. The summed E-state index contributed by atoms with van der Waals surface area (Å²) in [6.07, 6.45) is 3.34. The number of hydrogen-bond acceptors (Lipinski definition) is 6. The molecule has 2 amide bonds. The van der Waals surface area contributed by atoms with Gasteiger partial charge in [-0.2, -0.15) is 0 Å². The minimum atomic E-state index is -0.759. The van der Waals surface area contributed by atoms with Gasteiger partial charge in [-0.25, -0.2) is 4.99 Å². The number of carbonyl (C=O) groups is 3. The number of rotatable bonds is 3. The molecule has 4 N–H and O–H groups in total. The van der Waals surface area contributed by atoms with Gasteiger partial charge in [0.2, 0.25) is 5.91 Å². The van der Waals surface area contributed by atoms with Gasteiger partial charge in [0, 0.05) is 30.7 Å². The number of aromatic nitrogens is 1. The van der Waals surface area contributed by atoms with Gasteiger partial charge in [-0.15, -0.1) is 0 Å². The Balaban J connectivity index is 0.000000878. The van der Waals surface area contributed by atoms with Crippen LogP contribution in [0.4, 0.5) is 5.69 Å². The lowest BCUT2D eigenvalue weighted by Gasteiger charge is -2.33. The molecule has 1 atom stereocenters. The zero-order valence-corrected chi connectivity index (χ0v) is 15.5. The molecule has 2 aromatic rings. The minimum Gasteiger partial charge on any atom is -0.483 e. The smallest absolute Gasteiger partial charge is 0.290 e. The maximum Gasteiger partial charge on any atom is 0.290 e. The summed E-state index contributed by atoms with van der Waals surface area (Å²) in [5, 5.41) is 9.73. The van der Waals surface area contributed by atoms with E-state index in [1.807, 2.05) is 25.1 Å². The zero-order valence-electron chi connectivity index (χ0n) is 15.5. The number of carboxylic acid groups (broad SMARTS) is 1. The molecule has 3 rings (SSSR count). The van der Waals surface area contributed by atoms with E-state index in [1.54, 1.807) is 37.6 Å². The van der Waals surface area contributed by atoms with Gasteiger partial charge in [0.1, 0.15) is 0 Å². The number of carbonyl (C=O) groups excluding carboxylic acids is 2. The van der Waals surface area contributed by atoms with Gasteiger partial charge < -0.3 is 16.2 Å². The first kappa shape index (κ1) is 20.6. The Kier molecular flexibility index (Phi) is 6.43. The Hall–Kier alpha value is -3.75. The van der Waals surface area contributed by atoms with Crippen molar-refractivity contribution in [3.63, 3.8) is 0 Å². The molecule has 1 aromatic heterocycles. The first-order valence-corrected chi connectivity index (χ1v) is 8.32. The number of guanidine groups is 1. The van der Waals surface area contributed by atoms with Crippen molar-refractivity contribution >= 4 is 29.9 Å². The van der Waals surface area contributed by atoms with E-state index in [0.717, 1.165) is 5.56 Å². The van der Waals surface area contributed by atoms with Crippen LogP contribution in [-0.2, 0) is 15.1 Å². The molecular formula is C19H21N5O4. The third-order valence-electron chi connectivity index (χ3n) is 4.26. The van der Waals surface area contributed by atoms with Gasteiger partial charge in [0.05, 0.1) is 12.0 Å². The quantitative estimate of drug-likeness (QED) is 0.686. The topological polar surface area (TPSA) is 138 Å². The van der Waals surface area contributed by atoms with Crippen LogP contribution in [0.15, 0.2) is 53.8 Å². The minimum absolute atomic E-state index is 0.0961. The van der Waals surface area contributed by atoms with Crippen molar-refractivity contribution in [3.05, 3.63) is 59.9 Å². The lowest BCUT2D eigenvalue weighted by molar-refractivity contribution is -0.128.